The summed E-state index contributed by atoms with van der Waals surface area (Å²) >= 11 is 0. The minimum Gasteiger partial charge on any atom is -0.497 e. The van der Waals surface area contributed by atoms with Crippen LogP contribution in [0.5, 0.6) is 11.5 Å². The van der Waals surface area contributed by atoms with Crippen LogP contribution in [-0.2, 0) is 4.79 Å². The first kappa shape index (κ1) is 24.0. The quantitative estimate of drug-likeness (QED) is 0.616. The minimum atomic E-state index is -2.92. The SMILES string of the molecule is COc1ccc(F)c(N2CCC(Oc3ccc(N4CC(F)(F)C[C@@H]4CC(=O)O)cc3)C(C)C2)c1. The largest absolute Gasteiger partial charge is 0.497 e. The van der Waals surface area contributed by atoms with E-state index < -0.39 is 30.9 Å². The van der Waals surface area contributed by atoms with Crippen LogP contribution >= 0.6 is 0 Å². The Morgan fingerprint density at radius 1 is 1.18 bits per heavy atom. The third-order valence-corrected chi connectivity index (χ3v) is 6.56. The maximum Gasteiger partial charge on any atom is 0.305 e. The molecule has 2 fully saturated rings. The van der Waals surface area contributed by atoms with E-state index in [-0.39, 0.29) is 24.3 Å². The van der Waals surface area contributed by atoms with E-state index in [4.69, 9.17) is 14.6 Å². The second-order valence-corrected chi connectivity index (χ2v) is 9.12. The first-order valence-corrected chi connectivity index (χ1v) is 11.4. The molecule has 2 saturated heterocycles. The second kappa shape index (κ2) is 9.64. The van der Waals surface area contributed by atoms with Gasteiger partial charge in [0.1, 0.15) is 23.4 Å². The Balaban J connectivity index is 1.39. The number of hydrogen-bond acceptors (Lipinski definition) is 5. The van der Waals surface area contributed by atoms with Gasteiger partial charge in [0.2, 0.25) is 0 Å². The number of carboxylic acids is 1. The zero-order valence-corrected chi connectivity index (χ0v) is 19.2. The number of carbonyl (C=O) groups is 1. The van der Waals surface area contributed by atoms with E-state index in [9.17, 15) is 18.0 Å². The van der Waals surface area contributed by atoms with Crippen LogP contribution in [0.4, 0.5) is 24.5 Å². The van der Waals surface area contributed by atoms with Crippen LogP contribution in [0.15, 0.2) is 42.5 Å². The summed E-state index contributed by atoms with van der Waals surface area (Å²) in [5, 5.41) is 9.07. The molecule has 3 atom stereocenters. The highest BCUT2D eigenvalue weighted by Crippen LogP contribution is 2.38. The summed E-state index contributed by atoms with van der Waals surface area (Å²) in [5.41, 5.74) is 1.06. The Morgan fingerprint density at radius 2 is 1.88 bits per heavy atom. The van der Waals surface area contributed by atoms with Gasteiger partial charge in [-0.1, -0.05) is 6.92 Å². The fourth-order valence-electron chi connectivity index (χ4n) is 4.85. The maximum absolute atomic E-state index is 14.4. The number of halogens is 3. The Labute approximate surface area is 196 Å². The molecule has 2 aliphatic heterocycles. The molecule has 184 valence electrons. The van der Waals surface area contributed by atoms with E-state index in [0.29, 0.717) is 42.4 Å². The summed E-state index contributed by atoms with van der Waals surface area (Å²) in [5.74, 6) is -2.97. The van der Waals surface area contributed by atoms with E-state index in [1.54, 1.807) is 43.5 Å². The van der Waals surface area contributed by atoms with E-state index >= 15 is 0 Å². The van der Waals surface area contributed by atoms with E-state index in [1.807, 2.05) is 11.8 Å². The first-order chi connectivity index (χ1) is 16.1. The number of methoxy groups -OCH3 is 1. The Morgan fingerprint density at radius 3 is 2.53 bits per heavy atom. The molecule has 0 saturated carbocycles. The number of aliphatic carboxylic acids is 1. The van der Waals surface area contributed by atoms with Gasteiger partial charge in [0, 0.05) is 49.6 Å². The molecular weight excluding hydrogens is 449 g/mol. The Kier molecular flexibility index (Phi) is 6.81. The monoisotopic (exact) mass is 478 g/mol. The number of benzene rings is 2. The summed E-state index contributed by atoms with van der Waals surface area (Å²) in [6, 6.07) is 10.8. The lowest BCUT2D eigenvalue weighted by atomic mass is 9.95. The van der Waals surface area contributed by atoms with Crippen molar-refractivity contribution in [2.75, 3.05) is 36.5 Å². The van der Waals surface area contributed by atoms with Crippen LogP contribution in [0.25, 0.3) is 0 Å². The predicted molar refractivity (Wildman–Crippen MR) is 123 cm³/mol. The topological polar surface area (TPSA) is 62.2 Å². The fraction of sp³-hybridized carbons (Fsp3) is 0.480. The molecule has 6 nitrogen and oxygen atoms in total. The van der Waals surface area contributed by atoms with Gasteiger partial charge in [-0.05, 0) is 36.4 Å². The molecule has 2 unspecified atom stereocenters. The standard InChI is InChI=1S/C25H29F3N2O4/c1-16-14-29(22-12-20(33-2)7-8-21(22)26)10-9-23(16)34-19-5-3-17(4-6-19)30-15-25(27,28)13-18(30)11-24(31)32/h3-8,12,16,18,23H,9-11,13-15H2,1-2H3,(H,31,32)/t16?,18-,23?/m0/s1. The summed E-state index contributed by atoms with van der Waals surface area (Å²) in [4.78, 5) is 14.5. The number of anilines is 2. The number of ether oxygens (including phenoxy) is 2. The van der Waals surface area contributed by atoms with E-state index in [2.05, 4.69) is 0 Å². The highest BCUT2D eigenvalue weighted by molar-refractivity contribution is 5.69. The third-order valence-electron chi connectivity index (χ3n) is 6.56. The molecule has 2 aromatic rings. The van der Waals surface area contributed by atoms with Crippen LogP contribution in [0.1, 0.15) is 26.2 Å². The van der Waals surface area contributed by atoms with E-state index in [1.165, 1.54) is 11.0 Å². The minimum absolute atomic E-state index is 0.0772. The number of nitrogens with zero attached hydrogens (tertiary/aromatic N) is 2. The summed E-state index contributed by atoms with van der Waals surface area (Å²) < 4.78 is 53.6. The van der Waals surface area contributed by atoms with Gasteiger partial charge >= 0.3 is 5.97 Å². The molecular formula is C25H29F3N2O4. The van der Waals surface area contributed by atoms with Crippen LogP contribution in [0.2, 0.25) is 0 Å². The molecule has 0 spiro atoms. The Hall–Kier alpha value is -3.10. The van der Waals surface area contributed by atoms with Crippen molar-refractivity contribution in [2.45, 2.75) is 44.3 Å². The molecule has 0 aliphatic carbocycles. The molecule has 2 aliphatic rings. The summed E-state index contributed by atoms with van der Waals surface area (Å²) in [6.07, 6.45) is -0.190. The van der Waals surface area contributed by atoms with Crippen LogP contribution in [0, 0.1) is 11.7 Å². The molecule has 0 bridgehead atoms. The molecule has 4 rings (SSSR count). The van der Waals surface area contributed by atoms with Gasteiger partial charge in [0.15, 0.2) is 0 Å². The molecule has 0 radical (unpaired) electrons. The lowest BCUT2D eigenvalue weighted by molar-refractivity contribution is -0.137. The molecule has 2 heterocycles. The summed E-state index contributed by atoms with van der Waals surface area (Å²) in [6.45, 7) is 2.79. The van der Waals surface area contributed by atoms with Gasteiger partial charge in [-0.25, -0.2) is 13.2 Å². The predicted octanol–water partition coefficient (Wildman–Crippen LogP) is 4.82. The van der Waals surface area contributed by atoms with Gasteiger partial charge in [-0.3, -0.25) is 4.79 Å². The third kappa shape index (κ3) is 5.34. The number of rotatable bonds is 7. The molecule has 0 amide bonds. The average Bonchev–Trinajstić information content (AvgIpc) is 3.09. The highest BCUT2D eigenvalue weighted by atomic mass is 19.3. The molecule has 2 aromatic carbocycles. The van der Waals surface area contributed by atoms with Crippen molar-refractivity contribution < 1.29 is 32.5 Å². The number of piperidine rings is 1. The average molecular weight is 479 g/mol. The van der Waals surface area contributed by atoms with Crippen molar-refractivity contribution in [3.05, 3.63) is 48.3 Å². The van der Waals surface area contributed by atoms with Crippen molar-refractivity contribution in [3.63, 3.8) is 0 Å². The van der Waals surface area contributed by atoms with Gasteiger partial charge < -0.3 is 24.4 Å². The maximum atomic E-state index is 14.4. The molecule has 34 heavy (non-hydrogen) atoms. The number of hydrogen-bond donors (Lipinski definition) is 1. The van der Waals surface area contributed by atoms with Crippen molar-refractivity contribution in [2.24, 2.45) is 5.92 Å². The molecule has 0 aromatic heterocycles. The van der Waals surface area contributed by atoms with Gasteiger partial charge in [0.25, 0.3) is 5.92 Å². The zero-order chi connectivity index (χ0) is 24.5. The second-order valence-electron chi connectivity index (χ2n) is 9.12. The van der Waals surface area contributed by atoms with E-state index in [0.717, 1.165) is 0 Å². The lowest BCUT2D eigenvalue weighted by Gasteiger charge is -2.38. The molecule has 1 N–H and O–H groups in total. The smallest absolute Gasteiger partial charge is 0.305 e. The fourth-order valence-corrected chi connectivity index (χ4v) is 4.85. The van der Waals surface area contributed by atoms with Gasteiger partial charge in [-0.2, -0.15) is 0 Å². The van der Waals surface area contributed by atoms with Gasteiger partial charge in [0.05, 0.1) is 25.8 Å². The van der Waals surface area contributed by atoms with Crippen LogP contribution in [0.3, 0.4) is 0 Å². The first-order valence-electron chi connectivity index (χ1n) is 11.4. The zero-order valence-electron chi connectivity index (χ0n) is 19.2. The summed E-state index contributed by atoms with van der Waals surface area (Å²) in [7, 11) is 1.55. The van der Waals surface area contributed by atoms with Crippen molar-refractivity contribution in [3.8, 4) is 11.5 Å². The van der Waals surface area contributed by atoms with Crippen LogP contribution in [-0.4, -0.2) is 55.9 Å². The Bertz CT molecular complexity index is 1020. The highest BCUT2D eigenvalue weighted by Gasteiger charge is 2.45. The number of alkyl halides is 2. The van der Waals surface area contributed by atoms with Crippen molar-refractivity contribution in [1.82, 2.24) is 0 Å². The molecule has 9 heteroatoms. The normalized spacial score (nSPS) is 24.2. The van der Waals surface area contributed by atoms with Gasteiger partial charge in [-0.15, -0.1) is 0 Å². The van der Waals surface area contributed by atoms with Crippen molar-refractivity contribution >= 4 is 17.3 Å². The van der Waals surface area contributed by atoms with Crippen LogP contribution < -0.4 is 19.3 Å². The lowest BCUT2D eigenvalue weighted by Crippen LogP contribution is -2.44. The van der Waals surface area contributed by atoms with Crippen molar-refractivity contribution in [1.29, 1.82) is 0 Å². The number of carboxylic acid groups (broad SMARTS) is 1.